The van der Waals surface area contributed by atoms with Gasteiger partial charge in [0.05, 0.1) is 10.8 Å². The van der Waals surface area contributed by atoms with Gasteiger partial charge in [0.2, 0.25) is 0 Å². The summed E-state index contributed by atoms with van der Waals surface area (Å²) in [4.78, 5) is 10.9. The lowest BCUT2D eigenvalue weighted by atomic mass is 10.2. The van der Waals surface area contributed by atoms with Gasteiger partial charge in [-0.25, -0.2) is 4.21 Å². The Balaban J connectivity index is 2.64. The van der Waals surface area contributed by atoms with E-state index in [1.165, 1.54) is 12.1 Å². The summed E-state index contributed by atoms with van der Waals surface area (Å²) >= 11 is -2.02. The van der Waals surface area contributed by atoms with Crippen LogP contribution in [0, 0.1) is 5.92 Å². The molecule has 0 bridgehead atoms. The monoisotopic (exact) mass is 243 g/mol. The molecule has 16 heavy (non-hydrogen) atoms. The Morgan fingerprint density at radius 1 is 1.56 bits per heavy atom. The minimum Gasteiger partial charge on any atom is -0.481 e. The molecule has 0 saturated heterocycles. The van der Waals surface area contributed by atoms with Gasteiger partial charge in [-0.3, -0.25) is 4.79 Å². The number of nitrogens with one attached hydrogen (secondary N) is 1. The summed E-state index contributed by atoms with van der Waals surface area (Å²) < 4.78 is 19.7. The molecule has 2 unspecified atom stereocenters. The van der Waals surface area contributed by atoms with Crippen LogP contribution in [0.2, 0.25) is 0 Å². The molecule has 1 aromatic carbocycles. The highest BCUT2D eigenvalue weighted by atomic mass is 32.2. The second-order valence-electron chi connectivity index (χ2n) is 3.40. The quantitative estimate of drug-likeness (QED) is 0.680. The summed E-state index contributed by atoms with van der Waals surface area (Å²) in [7, 11) is 0. The lowest BCUT2D eigenvalue weighted by Gasteiger charge is -2.09. The Hall–Kier alpha value is -1.40. The van der Waals surface area contributed by atoms with E-state index in [-0.39, 0.29) is 11.4 Å². The average Bonchev–Trinajstić information content (AvgIpc) is 2.26. The Labute approximate surface area is 95.8 Å². The summed E-state index contributed by atoms with van der Waals surface area (Å²) in [5.74, 6) is -1.39. The van der Waals surface area contributed by atoms with Gasteiger partial charge in [-0.1, -0.05) is 13.0 Å². The molecule has 0 saturated carbocycles. The van der Waals surface area contributed by atoms with E-state index in [0.717, 1.165) is 0 Å². The van der Waals surface area contributed by atoms with Gasteiger partial charge >= 0.3 is 5.97 Å². The maximum Gasteiger partial charge on any atom is 0.308 e. The first kappa shape index (κ1) is 12.7. The number of hydrogen-bond acceptors (Lipinski definition) is 3. The van der Waals surface area contributed by atoms with Crippen LogP contribution in [0.15, 0.2) is 29.2 Å². The van der Waals surface area contributed by atoms with Gasteiger partial charge in [-0.2, -0.15) is 0 Å². The van der Waals surface area contributed by atoms with Gasteiger partial charge in [0.1, 0.15) is 0 Å². The molecule has 0 spiro atoms. The number of hydrogen-bond donors (Lipinski definition) is 3. The number of benzene rings is 1. The van der Waals surface area contributed by atoms with Crippen molar-refractivity contribution in [2.45, 2.75) is 11.8 Å². The Morgan fingerprint density at radius 3 is 2.81 bits per heavy atom. The zero-order chi connectivity index (χ0) is 12.1. The molecular weight excluding hydrogens is 230 g/mol. The molecule has 1 rings (SSSR count). The molecule has 0 aliphatic heterocycles. The smallest absolute Gasteiger partial charge is 0.308 e. The van der Waals surface area contributed by atoms with E-state index in [1.54, 1.807) is 19.1 Å². The zero-order valence-corrected chi connectivity index (χ0v) is 9.53. The fourth-order valence-corrected chi connectivity index (χ4v) is 1.50. The largest absolute Gasteiger partial charge is 0.481 e. The van der Waals surface area contributed by atoms with E-state index in [1.807, 2.05) is 0 Å². The molecule has 0 fully saturated rings. The molecular formula is C10H13NO4S. The van der Waals surface area contributed by atoms with E-state index < -0.39 is 23.0 Å². The summed E-state index contributed by atoms with van der Waals surface area (Å²) in [5, 5.41) is 11.6. The van der Waals surface area contributed by atoms with Crippen LogP contribution in [-0.2, 0) is 15.9 Å². The van der Waals surface area contributed by atoms with Crippen molar-refractivity contribution < 1.29 is 18.7 Å². The Kier molecular flexibility index (Phi) is 4.45. The lowest BCUT2D eigenvalue weighted by Crippen LogP contribution is -2.19. The third-order valence-electron chi connectivity index (χ3n) is 2.07. The number of carbonyl (C=O) groups is 1. The fraction of sp³-hybridized carbons (Fsp3) is 0.300. The van der Waals surface area contributed by atoms with E-state index in [0.29, 0.717) is 5.69 Å². The van der Waals surface area contributed by atoms with Crippen molar-refractivity contribution in [1.82, 2.24) is 0 Å². The molecule has 0 amide bonds. The molecule has 0 heterocycles. The molecule has 6 heteroatoms. The average molecular weight is 243 g/mol. The molecule has 0 radical (unpaired) electrons. The lowest BCUT2D eigenvalue weighted by molar-refractivity contribution is -0.140. The van der Waals surface area contributed by atoms with Crippen molar-refractivity contribution in [3.63, 3.8) is 0 Å². The van der Waals surface area contributed by atoms with Crippen LogP contribution in [-0.4, -0.2) is 26.4 Å². The standard InChI is InChI=1S/C10H13NO4S/c1-7(10(12)13)6-11-8-3-2-4-9(5-8)16(14)15/h2-5,7,11H,6H2,1H3,(H,12,13)(H,14,15). The van der Waals surface area contributed by atoms with Crippen LogP contribution in [0.5, 0.6) is 0 Å². The van der Waals surface area contributed by atoms with E-state index in [9.17, 15) is 9.00 Å². The van der Waals surface area contributed by atoms with E-state index in [4.69, 9.17) is 9.66 Å². The van der Waals surface area contributed by atoms with Gasteiger partial charge in [-0.05, 0) is 18.2 Å². The number of anilines is 1. The van der Waals surface area contributed by atoms with Gasteiger partial charge in [0.25, 0.3) is 0 Å². The van der Waals surface area contributed by atoms with E-state index >= 15 is 0 Å². The summed E-state index contributed by atoms with van der Waals surface area (Å²) in [6, 6.07) is 6.40. The number of aliphatic carboxylic acids is 1. The molecule has 0 aliphatic rings. The van der Waals surface area contributed by atoms with Gasteiger partial charge in [-0.15, -0.1) is 0 Å². The molecule has 88 valence electrons. The van der Waals surface area contributed by atoms with Crippen LogP contribution in [0.25, 0.3) is 0 Å². The van der Waals surface area contributed by atoms with Gasteiger partial charge in [0, 0.05) is 12.2 Å². The minimum atomic E-state index is -2.02. The summed E-state index contributed by atoms with van der Waals surface area (Å²) in [5.41, 5.74) is 0.632. The van der Waals surface area contributed by atoms with Crippen LogP contribution >= 0.6 is 0 Å². The summed E-state index contributed by atoms with van der Waals surface area (Å²) in [6.45, 7) is 1.86. The first-order valence-corrected chi connectivity index (χ1v) is 5.79. The maximum absolute atomic E-state index is 10.8. The van der Waals surface area contributed by atoms with Crippen LogP contribution in [0.3, 0.4) is 0 Å². The molecule has 3 N–H and O–H groups in total. The van der Waals surface area contributed by atoms with Crippen LogP contribution < -0.4 is 5.32 Å². The van der Waals surface area contributed by atoms with Gasteiger partial charge < -0.3 is 15.0 Å². The zero-order valence-electron chi connectivity index (χ0n) is 8.71. The summed E-state index contributed by atoms with van der Waals surface area (Å²) in [6.07, 6.45) is 0. The fourth-order valence-electron chi connectivity index (χ4n) is 1.07. The van der Waals surface area contributed by atoms with Crippen LogP contribution in [0.1, 0.15) is 6.92 Å². The van der Waals surface area contributed by atoms with E-state index in [2.05, 4.69) is 5.32 Å². The Morgan fingerprint density at radius 2 is 2.25 bits per heavy atom. The molecule has 1 aromatic rings. The normalized spacial score (nSPS) is 14.1. The van der Waals surface area contributed by atoms with Crippen molar-refractivity contribution in [1.29, 1.82) is 0 Å². The third-order valence-corrected chi connectivity index (χ3v) is 2.73. The first-order valence-electron chi connectivity index (χ1n) is 4.68. The van der Waals surface area contributed by atoms with Crippen molar-refractivity contribution in [3.8, 4) is 0 Å². The van der Waals surface area contributed by atoms with Crippen molar-refractivity contribution in [3.05, 3.63) is 24.3 Å². The molecule has 5 nitrogen and oxygen atoms in total. The number of carboxylic acids is 1. The SMILES string of the molecule is CC(CNc1cccc(S(=O)O)c1)C(=O)O. The van der Waals surface area contributed by atoms with Crippen molar-refractivity contribution in [2.75, 3.05) is 11.9 Å². The minimum absolute atomic E-state index is 0.275. The first-order chi connectivity index (χ1) is 7.50. The maximum atomic E-state index is 10.8. The number of rotatable bonds is 5. The molecule has 2 atom stereocenters. The molecule has 0 aromatic heterocycles. The highest BCUT2D eigenvalue weighted by molar-refractivity contribution is 7.79. The second-order valence-corrected chi connectivity index (χ2v) is 4.37. The number of carboxylic acid groups (broad SMARTS) is 1. The topological polar surface area (TPSA) is 86.6 Å². The van der Waals surface area contributed by atoms with Crippen molar-refractivity contribution >= 4 is 22.7 Å². The van der Waals surface area contributed by atoms with Crippen LogP contribution in [0.4, 0.5) is 5.69 Å². The highest BCUT2D eigenvalue weighted by Crippen LogP contribution is 2.13. The van der Waals surface area contributed by atoms with Gasteiger partial charge in [0.15, 0.2) is 11.1 Å². The predicted octanol–water partition coefficient (Wildman–Crippen LogP) is 1.40. The van der Waals surface area contributed by atoms with Crippen molar-refractivity contribution in [2.24, 2.45) is 5.92 Å². The molecule has 0 aliphatic carbocycles. The highest BCUT2D eigenvalue weighted by Gasteiger charge is 2.10. The third kappa shape index (κ3) is 3.63. The predicted molar refractivity (Wildman–Crippen MR) is 60.8 cm³/mol. The second kappa shape index (κ2) is 5.62. The Bertz CT molecular complexity index is 408.